The lowest BCUT2D eigenvalue weighted by atomic mass is 9.89. The largest absolute Gasteiger partial charge is 0.396 e. The van der Waals surface area contributed by atoms with Gasteiger partial charge in [0.1, 0.15) is 0 Å². The average Bonchev–Trinajstić information content (AvgIpc) is 3.29. The number of carbonyl (C=O) groups excluding carboxylic acids is 1. The van der Waals surface area contributed by atoms with E-state index >= 15 is 0 Å². The van der Waals surface area contributed by atoms with Gasteiger partial charge in [0.15, 0.2) is 0 Å². The van der Waals surface area contributed by atoms with Gasteiger partial charge in [-0.3, -0.25) is 4.79 Å². The number of nitrogens with zero attached hydrogens (tertiary/aromatic N) is 2. The van der Waals surface area contributed by atoms with Gasteiger partial charge in [0.2, 0.25) is 0 Å². The fourth-order valence-electron chi connectivity index (χ4n) is 2.69. The summed E-state index contributed by atoms with van der Waals surface area (Å²) in [5.74, 6) is 0.291. The molecular formula is C17H23N3O3. The molecular weight excluding hydrogens is 294 g/mol. The van der Waals surface area contributed by atoms with Crippen molar-refractivity contribution in [3.63, 3.8) is 0 Å². The number of rotatable bonds is 6. The summed E-state index contributed by atoms with van der Waals surface area (Å²) in [5.41, 5.74) is 2.45. The second-order valence-electron chi connectivity index (χ2n) is 7.14. The van der Waals surface area contributed by atoms with E-state index in [1.54, 1.807) is 0 Å². The van der Waals surface area contributed by atoms with Crippen LogP contribution >= 0.6 is 0 Å². The molecule has 2 N–H and O–H groups in total. The Balaban J connectivity index is 1.88. The first-order chi connectivity index (χ1) is 10.9. The van der Waals surface area contributed by atoms with Crippen molar-refractivity contribution < 1.29 is 14.4 Å². The van der Waals surface area contributed by atoms with Gasteiger partial charge in [0.05, 0.1) is 16.6 Å². The van der Waals surface area contributed by atoms with Gasteiger partial charge in [0, 0.05) is 24.8 Å². The van der Waals surface area contributed by atoms with Crippen LogP contribution in [0, 0.1) is 12.3 Å². The Morgan fingerprint density at radius 3 is 2.87 bits per heavy atom. The predicted molar refractivity (Wildman–Crippen MR) is 86.3 cm³/mol. The van der Waals surface area contributed by atoms with Gasteiger partial charge in [-0.1, -0.05) is 19.0 Å². The Morgan fingerprint density at radius 2 is 2.22 bits per heavy atom. The van der Waals surface area contributed by atoms with Crippen molar-refractivity contribution in [2.24, 2.45) is 5.41 Å². The Labute approximate surface area is 135 Å². The number of aromatic nitrogens is 2. The molecule has 1 amide bonds. The van der Waals surface area contributed by atoms with Gasteiger partial charge in [-0.15, -0.1) is 0 Å². The highest BCUT2D eigenvalue weighted by Gasteiger charge is 2.29. The molecule has 1 fully saturated rings. The van der Waals surface area contributed by atoms with Crippen LogP contribution < -0.4 is 5.32 Å². The average molecular weight is 317 g/mol. The molecule has 1 aliphatic rings. The molecule has 6 nitrogen and oxygen atoms in total. The molecule has 2 aromatic heterocycles. The van der Waals surface area contributed by atoms with Crippen LogP contribution in [0.15, 0.2) is 10.6 Å². The molecule has 2 aromatic rings. The highest BCUT2D eigenvalue weighted by atomic mass is 16.5. The number of nitrogens with one attached hydrogen (secondary N) is 1. The van der Waals surface area contributed by atoms with E-state index in [0.29, 0.717) is 41.2 Å². The molecule has 0 saturated heterocycles. The van der Waals surface area contributed by atoms with Crippen molar-refractivity contribution in [2.75, 3.05) is 13.2 Å². The summed E-state index contributed by atoms with van der Waals surface area (Å²) in [7, 11) is 0. The van der Waals surface area contributed by atoms with Crippen molar-refractivity contribution >= 4 is 17.0 Å². The molecule has 124 valence electrons. The van der Waals surface area contributed by atoms with Crippen LogP contribution in [0.1, 0.15) is 60.8 Å². The molecule has 2 heterocycles. The Morgan fingerprint density at radius 1 is 1.48 bits per heavy atom. The zero-order valence-corrected chi connectivity index (χ0v) is 13.8. The van der Waals surface area contributed by atoms with E-state index in [4.69, 9.17) is 9.63 Å². The number of carbonyl (C=O) groups is 1. The summed E-state index contributed by atoms with van der Waals surface area (Å²) in [6, 6.07) is 1.87. The SMILES string of the molecule is Cc1noc2nc(C3CC3)cc(C(=O)NCC(C)(C)CCO)c12. The zero-order valence-electron chi connectivity index (χ0n) is 13.8. The summed E-state index contributed by atoms with van der Waals surface area (Å²) in [4.78, 5) is 17.2. The molecule has 0 bridgehead atoms. The summed E-state index contributed by atoms with van der Waals surface area (Å²) in [6.45, 7) is 6.47. The molecule has 1 aliphatic carbocycles. The van der Waals surface area contributed by atoms with Crippen LogP contribution in [0.25, 0.3) is 11.1 Å². The maximum absolute atomic E-state index is 12.7. The lowest BCUT2D eigenvalue weighted by Crippen LogP contribution is -2.34. The summed E-state index contributed by atoms with van der Waals surface area (Å²) < 4.78 is 5.27. The van der Waals surface area contributed by atoms with Crippen LogP contribution in [0.5, 0.6) is 0 Å². The molecule has 0 spiro atoms. The number of hydrogen-bond acceptors (Lipinski definition) is 5. The topological polar surface area (TPSA) is 88.2 Å². The van der Waals surface area contributed by atoms with E-state index in [0.717, 1.165) is 18.5 Å². The van der Waals surface area contributed by atoms with Gasteiger partial charge in [-0.25, -0.2) is 4.98 Å². The number of aryl methyl sites for hydroxylation is 1. The van der Waals surface area contributed by atoms with Crippen molar-refractivity contribution in [3.8, 4) is 0 Å². The smallest absolute Gasteiger partial charge is 0.259 e. The van der Waals surface area contributed by atoms with E-state index < -0.39 is 0 Å². The maximum Gasteiger partial charge on any atom is 0.259 e. The fraction of sp³-hybridized carbons (Fsp3) is 0.588. The van der Waals surface area contributed by atoms with Crippen LogP contribution in [-0.4, -0.2) is 34.3 Å². The van der Waals surface area contributed by atoms with Crippen LogP contribution in [0.4, 0.5) is 0 Å². The van der Waals surface area contributed by atoms with Gasteiger partial charge in [0.25, 0.3) is 11.6 Å². The van der Waals surface area contributed by atoms with Gasteiger partial charge in [-0.2, -0.15) is 0 Å². The summed E-state index contributed by atoms with van der Waals surface area (Å²) >= 11 is 0. The molecule has 0 aliphatic heterocycles. The quantitative estimate of drug-likeness (QED) is 0.855. The minimum absolute atomic E-state index is 0.110. The molecule has 1 saturated carbocycles. The van der Waals surface area contributed by atoms with Gasteiger partial charge in [-0.05, 0) is 37.7 Å². The maximum atomic E-state index is 12.7. The number of fused-ring (bicyclic) bond motifs is 1. The number of aliphatic hydroxyl groups excluding tert-OH is 1. The fourth-order valence-corrected chi connectivity index (χ4v) is 2.69. The van der Waals surface area contributed by atoms with E-state index in [-0.39, 0.29) is 17.9 Å². The van der Waals surface area contributed by atoms with Crippen molar-refractivity contribution in [1.29, 1.82) is 0 Å². The monoisotopic (exact) mass is 317 g/mol. The first-order valence-electron chi connectivity index (χ1n) is 8.07. The normalized spacial score (nSPS) is 15.1. The Bertz CT molecular complexity index is 732. The summed E-state index contributed by atoms with van der Waals surface area (Å²) in [6.07, 6.45) is 2.85. The first-order valence-corrected chi connectivity index (χ1v) is 8.07. The van der Waals surface area contributed by atoms with Crippen LogP contribution in [0.2, 0.25) is 0 Å². The highest BCUT2D eigenvalue weighted by molar-refractivity contribution is 6.06. The molecule has 3 rings (SSSR count). The third-order valence-corrected chi connectivity index (χ3v) is 4.39. The third-order valence-electron chi connectivity index (χ3n) is 4.39. The standard InChI is InChI=1S/C17H23N3O3/c1-10-14-12(15(22)18-9-17(2,3)6-7-21)8-13(11-4-5-11)19-16(14)23-20-10/h8,11,21H,4-7,9H2,1-3H3,(H,18,22). The molecule has 0 atom stereocenters. The van der Waals surface area contributed by atoms with Crippen molar-refractivity contribution in [2.45, 2.75) is 46.0 Å². The number of amides is 1. The molecule has 0 unspecified atom stereocenters. The van der Waals surface area contributed by atoms with E-state index in [2.05, 4.69) is 15.5 Å². The second-order valence-corrected chi connectivity index (χ2v) is 7.14. The molecule has 6 heteroatoms. The van der Waals surface area contributed by atoms with Crippen molar-refractivity contribution in [3.05, 3.63) is 23.0 Å². The lowest BCUT2D eigenvalue weighted by Gasteiger charge is -2.23. The number of hydrogen-bond donors (Lipinski definition) is 2. The molecule has 0 aromatic carbocycles. The Hall–Kier alpha value is -1.95. The van der Waals surface area contributed by atoms with E-state index in [1.807, 2.05) is 26.8 Å². The Kier molecular flexibility index (Phi) is 4.10. The zero-order chi connectivity index (χ0) is 16.6. The van der Waals surface area contributed by atoms with E-state index in [9.17, 15) is 4.79 Å². The number of pyridine rings is 1. The van der Waals surface area contributed by atoms with Crippen molar-refractivity contribution in [1.82, 2.24) is 15.5 Å². The van der Waals surface area contributed by atoms with E-state index in [1.165, 1.54) is 0 Å². The van der Waals surface area contributed by atoms with Crippen LogP contribution in [-0.2, 0) is 0 Å². The second kappa shape index (κ2) is 5.92. The first kappa shape index (κ1) is 15.9. The summed E-state index contributed by atoms with van der Waals surface area (Å²) in [5, 5.41) is 16.7. The number of aliphatic hydroxyl groups is 1. The lowest BCUT2D eigenvalue weighted by molar-refractivity contribution is 0.0929. The van der Waals surface area contributed by atoms with Gasteiger partial charge >= 0.3 is 0 Å². The van der Waals surface area contributed by atoms with Gasteiger partial charge < -0.3 is 14.9 Å². The third kappa shape index (κ3) is 3.37. The van der Waals surface area contributed by atoms with Crippen LogP contribution in [0.3, 0.4) is 0 Å². The minimum Gasteiger partial charge on any atom is -0.396 e. The highest BCUT2D eigenvalue weighted by Crippen LogP contribution is 2.40. The molecule has 23 heavy (non-hydrogen) atoms. The predicted octanol–water partition coefficient (Wildman–Crippen LogP) is 2.55. The molecule has 0 radical (unpaired) electrons. The minimum atomic E-state index is -0.153.